The lowest BCUT2D eigenvalue weighted by molar-refractivity contribution is 0.101. The molecule has 1 unspecified atom stereocenters. The number of nitrogens with zero attached hydrogens (tertiary/aromatic N) is 1. The van der Waals surface area contributed by atoms with E-state index >= 15 is 0 Å². The second-order valence-corrected chi connectivity index (χ2v) is 6.57. The van der Waals surface area contributed by atoms with Crippen molar-refractivity contribution >= 4 is 11.5 Å². The molecule has 1 saturated heterocycles. The van der Waals surface area contributed by atoms with Crippen LogP contribution >= 0.6 is 0 Å². The second-order valence-electron chi connectivity index (χ2n) is 6.57. The minimum Gasteiger partial charge on any atom is -0.367 e. The van der Waals surface area contributed by atoms with E-state index in [1.807, 2.05) is 12.1 Å². The third-order valence-corrected chi connectivity index (χ3v) is 5.10. The molecule has 23 heavy (non-hydrogen) atoms. The highest BCUT2D eigenvalue weighted by atomic mass is 16.1. The average Bonchev–Trinajstić information content (AvgIpc) is 2.75. The first-order valence-electron chi connectivity index (χ1n) is 8.44. The van der Waals surface area contributed by atoms with Gasteiger partial charge in [-0.3, -0.25) is 4.79 Å². The summed E-state index contributed by atoms with van der Waals surface area (Å²) in [4.78, 5) is 14.0. The van der Waals surface area contributed by atoms with Crippen LogP contribution in [0.3, 0.4) is 0 Å². The summed E-state index contributed by atoms with van der Waals surface area (Å²) in [5, 5.41) is 3.50. The van der Waals surface area contributed by atoms with Crippen LogP contribution < -0.4 is 10.2 Å². The van der Waals surface area contributed by atoms with Crippen LogP contribution in [0.4, 0.5) is 5.69 Å². The molecule has 1 fully saturated rings. The van der Waals surface area contributed by atoms with E-state index < -0.39 is 0 Å². The first-order chi connectivity index (χ1) is 11.2. The topological polar surface area (TPSA) is 32.3 Å². The Hall–Kier alpha value is -2.13. The molecule has 0 aliphatic carbocycles. The maximum Gasteiger partial charge on any atom is 0.159 e. The predicted molar refractivity (Wildman–Crippen MR) is 94.2 cm³/mol. The quantitative estimate of drug-likeness (QED) is 0.864. The second kappa shape index (κ2) is 5.82. The molecule has 0 bridgehead atoms. The highest BCUT2D eigenvalue weighted by Gasteiger charge is 2.30. The van der Waals surface area contributed by atoms with Gasteiger partial charge in [0.15, 0.2) is 5.78 Å². The van der Waals surface area contributed by atoms with Gasteiger partial charge in [0.1, 0.15) is 0 Å². The van der Waals surface area contributed by atoms with Crippen molar-refractivity contribution in [1.29, 1.82) is 0 Å². The predicted octanol–water partition coefficient (Wildman–Crippen LogP) is 3.28. The lowest BCUT2D eigenvalue weighted by atomic mass is 10.00. The lowest BCUT2D eigenvalue weighted by Crippen LogP contribution is -2.32. The molecule has 2 aromatic carbocycles. The number of Topliss-reactive ketones (excluding diaryl/α,β-unsaturated/α-hetero) is 1. The van der Waals surface area contributed by atoms with Crippen molar-refractivity contribution < 1.29 is 4.79 Å². The number of fused-ring (bicyclic) bond motifs is 3. The van der Waals surface area contributed by atoms with E-state index in [9.17, 15) is 4.79 Å². The molecular weight excluding hydrogens is 284 g/mol. The van der Waals surface area contributed by atoms with Crippen molar-refractivity contribution in [2.75, 3.05) is 24.5 Å². The van der Waals surface area contributed by atoms with Crippen LogP contribution in [-0.4, -0.2) is 31.5 Å². The number of carbonyl (C=O) groups is 1. The van der Waals surface area contributed by atoms with Gasteiger partial charge in [0, 0.05) is 30.4 Å². The van der Waals surface area contributed by atoms with Gasteiger partial charge in [-0.1, -0.05) is 36.4 Å². The van der Waals surface area contributed by atoms with Crippen molar-refractivity contribution in [2.24, 2.45) is 0 Å². The number of hydrogen-bond donors (Lipinski definition) is 1. The molecule has 2 heterocycles. The molecule has 4 rings (SSSR count). The minimum absolute atomic E-state index is 0.116. The van der Waals surface area contributed by atoms with E-state index in [4.69, 9.17) is 0 Å². The molecule has 0 spiro atoms. The molecular formula is C20H22N2O. The molecule has 2 aromatic rings. The number of ketones is 1. The Balaban J connectivity index is 1.67. The van der Waals surface area contributed by atoms with Gasteiger partial charge in [-0.15, -0.1) is 0 Å². The number of anilines is 1. The third-order valence-electron chi connectivity index (χ3n) is 5.10. The maximum absolute atomic E-state index is 11.4. The van der Waals surface area contributed by atoms with Crippen LogP contribution in [0.2, 0.25) is 0 Å². The van der Waals surface area contributed by atoms with Gasteiger partial charge in [-0.05, 0) is 49.1 Å². The van der Waals surface area contributed by atoms with Crippen LogP contribution in [-0.2, 0) is 6.42 Å². The van der Waals surface area contributed by atoms with Crippen LogP contribution in [0.25, 0.3) is 11.1 Å². The summed E-state index contributed by atoms with van der Waals surface area (Å²) in [6, 6.07) is 15.4. The summed E-state index contributed by atoms with van der Waals surface area (Å²) < 4.78 is 0. The highest BCUT2D eigenvalue weighted by molar-refractivity contribution is 5.94. The maximum atomic E-state index is 11.4. The Morgan fingerprint density at radius 1 is 1.09 bits per heavy atom. The summed E-state index contributed by atoms with van der Waals surface area (Å²) in [6.45, 7) is 4.88. The van der Waals surface area contributed by atoms with E-state index in [0.29, 0.717) is 6.04 Å². The summed E-state index contributed by atoms with van der Waals surface area (Å²) in [6.07, 6.45) is 2.39. The van der Waals surface area contributed by atoms with E-state index in [0.717, 1.165) is 25.2 Å². The fourth-order valence-corrected chi connectivity index (χ4v) is 3.80. The van der Waals surface area contributed by atoms with Gasteiger partial charge in [-0.25, -0.2) is 0 Å². The van der Waals surface area contributed by atoms with Crippen molar-refractivity contribution in [2.45, 2.75) is 25.8 Å². The van der Waals surface area contributed by atoms with E-state index in [1.54, 1.807) is 6.92 Å². The van der Waals surface area contributed by atoms with Gasteiger partial charge >= 0.3 is 0 Å². The number of carbonyl (C=O) groups excluding carboxylic acids is 1. The normalized spacial score (nSPS) is 19.9. The molecule has 118 valence electrons. The Labute approximate surface area is 137 Å². The molecule has 3 nitrogen and oxygen atoms in total. The van der Waals surface area contributed by atoms with Gasteiger partial charge in [-0.2, -0.15) is 0 Å². The van der Waals surface area contributed by atoms with Crippen molar-refractivity contribution in [1.82, 2.24) is 5.32 Å². The standard InChI is InChI=1S/C20H22N2O/c1-14(23)15-2-4-16(5-3-15)17-6-7-18-12-19-8-9-21-10-11-22(19)20(18)13-17/h2-7,13,19,21H,8-12H2,1H3. The Bertz CT molecular complexity index is 736. The van der Waals surface area contributed by atoms with E-state index in [2.05, 4.69) is 40.5 Å². The van der Waals surface area contributed by atoms with Crippen LogP contribution in [0.15, 0.2) is 42.5 Å². The number of rotatable bonds is 2. The number of benzene rings is 2. The SMILES string of the molecule is CC(=O)c1ccc(-c2ccc3c(c2)N2CCNCCC2C3)cc1. The zero-order valence-corrected chi connectivity index (χ0v) is 13.5. The Morgan fingerprint density at radius 2 is 1.87 bits per heavy atom. The van der Waals surface area contributed by atoms with Gasteiger partial charge in [0.05, 0.1) is 0 Å². The first kappa shape index (κ1) is 14.5. The zero-order chi connectivity index (χ0) is 15.8. The Morgan fingerprint density at radius 3 is 2.65 bits per heavy atom. The molecule has 1 atom stereocenters. The van der Waals surface area contributed by atoms with Gasteiger partial charge in [0.25, 0.3) is 0 Å². The molecule has 0 aromatic heterocycles. The van der Waals surface area contributed by atoms with Crippen LogP contribution in [0.1, 0.15) is 29.3 Å². The number of hydrogen-bond acceptors (Lipinski definition) is 3. The summed E-state index contributed by atoms with van der Waals surface area (Å²) in [5.74, 6) is 0.116. The molecule has 2 aliphatic heterocycles. The highest BCUT2D eigenvalue weighted by Crippen LogP contribution is 2.37. The molecule has 1 N–H and O–H groups in total. The van der Waals surface area contributed by atoms with E-state index in [1.165, 1.54) is 35.2 Å². The fourth-order valence-electron chi connectivity index (χ4n) is 3.80. The van der Waals surface area contributed by atoms with Gasteiger partial charge in [0.2, 0.25) is 0 Å². The van der Waals surface area contributed by atoms with Crippen molar-refractivity contribution in [3.05, 3.63) is 53.6 Å². The molecule has 0 saturated carbocycles. The van der Waals surface area contributed by atoms with E-state index in [-0.39, 0.29) is 5.78 Å². The minimum atomic E-state index is 0.116. The smallest absolute Gasteiger partial charge is 0.159 e. The summed E-state index contributed by atoms with van der Waals surface area (Å²) in [7, 11) is 0. The fraction of sp³-hybridized carbons (Fsp3) is 0.350. The molecule has 0 amide bonds. The Kier molecular flexibility index (Phi) is 3.66. The number of nitrogens with one attached hydrogen (secondary N) is 1. The van der Waals surface area contributed by atoms with Crippen molar-refractivity contribution in [3.8, 4) is 11.1 Å². The monoisotopic (exact) mass is 306 g/mol. The zero-order valence-electron chi connectivity index (χ0n) is 13.5. The lowest BCUT2D eigenvalue weighted by Gasteiger charge is -2.24. The summed E-state index contributed by atoms with van der Waals surface area (Å²) in [5.41, 5.74) is 6.05. The van der Waals surface area contributed by atoms with Crippen molar-refractivity contribution in [3.63, 3.8) is 0 Å². The third kappa shape index (κ3) is 2.66. The first-order valence-corrected chi connectivity index (χ1v) is 8.44. The summed E-state index contributed by atoms with van der Waals surface area (Å²) >= 11 is 0. The largest absolute Gasteiger partial charge is 0.367 e. The van der Waals surface area contributed by atoms with Crippen LogP contribution in [0, 0.1) is 0 Å². The molecule has 2 aliphatic rings. The molecule has 3 heteroatoms. The van der Waals surface area contributed by atoms with Crippen LogP contribution in [0.5, 0.6) is 0 Å². The molecule has 0 radical (unpaired) electrons. The average molecular weight is 306 g/mol. The van der Waals surface area contributed by atoms with Gasteiger partial charge < -0.3 is 10.2 Å².